The van der Waals surface area contributed by atoms with Gasteiger partial charge in [-0.2, -0.15) is 0 Å². The van der Waals surface area contributed by atoms with Crippen LogP contribution in [-0.2, 0) is 11.2 Å². The molecule has 16 heavy (non-hydrogen) atoms. The van der Waals surface area contributed by atoms with E-state index in [1.807, 2.05) is 11.3 Å². The normalized spacial score (nSPS) is 10.8. The zero-order chi connectivity index (χ0) is 11.5. The number of rotatable bonds is 10. The van der Waals surface area contributed by atoms with Crippen LogP contribution in [0.2, 0.25) is 0 Å². The van der Waals surface area contributed by atoms with Gasteiger partial charge in [0, 0.05) is 18.5 Å². The average Bonchev–Trinajstić information content (AvgIpc) is 2.80. The molecule has 1 heterocycles. The molecule has 0 bridgehead atoms. The van der Waals surface area contributed by atoms with E-state index in [2.05, 4.69) is 28.1 Å². The van der Waals surface area contributed by atoms with Crippen LogP contribution in [0.1, 0.15) is 11.3 Å². The molecule has 0 aliphatic rings. The summed E-state index contributed by atoms with van der Waals surface area (Å²) in [4.78, 5) is 1.46. The van der Waals surface area contributed by atoms with Crippen molar-refractivity contribution in [3.8, 4) is 0 Å². The Hall–Kier alpha value is -0.420. The van der Waals surface area contributed by atoms with Gasteiger partial charge in [0.1, 0.15) is 0 Å². The molecule has 0 radical (unpaired) electrons. The Morgan fingerprint density at radius 3 is 2.69 bits per heavy atom. The first kappa shape index (κ1) is 13.6. The quantitative estimate of drug-likeness (QED) is 0.610. The van der Waals surface area contributed by atoms with Crippen molar-refractivity contribution < 1.29 is 4.74 Å². The van der Waals surface area contributed by atoms with Crippen LogP contribution in [0.25, 0.3) is 0 Å². The summed E-state index contributed by atoms with van der Waals surface area (Å²) in [5, 5.41) is 8.91. The molecule has 0 fully saturated rings. The van der Waals surface area contributed by atoms with Crippen molar-refractivity contribution in [1.82, 2.24) is 10.6 Å². The van der Waals surface area contributed by atoms with E-state index in [-0.39, 0.29) is 0 Å². The SMILES string of the molecule is COCCNCCCNCCc1cccs1. The first-order chi connectivity index (χ1) is 7.93. The molecule has 3 nitrogen and oxygen atoms in total. The third-order valence-electron chi connectivity index (χ3n) is 2.32. The van der Waals surface area contributed by atoms with Gasteiger partial charge in [0.2, 0.25) is 0 Å². The van der Waals surface area contributed by atoms with E-state index in [4.69, 9.17) is 4.74 Å². The summed E-state index contributed by atoms with van der Waals surface area (Å²) in [6, 6.07) is 4.30. The van der Waals surface area contributed by atoms with Crippen LogP contribution in [0, 0.1) is 0 Å². The minimum Gasteiger partial charge on any atom is -0.383 e. The van der Waals surface area contributed by atoms with E-state index in [1.165, 1.54) is 11.3 Å². The largest absolute Gasteiger partial charge is 0.383 e. The van der Waals surface area contributed by atoms with E-state index in [0.717, 1.165) is 39.2 Å². The van der Waals surface area contributed by atoms with E-state index < -0.39 is 0 Å². The maximum absolute atomic E-state index is 4.95. The Morgan fingerprint density at radius 1 is 1.19 bits per heavy atom. The molecule has 1 aromatic rings. The molecule has 2 N–H and O–H groups in total. The van der Waals surface area contributed by atoms with Gasteiger partial charge in [0.05, 0.1) is 6.61 Å². The van der Waals surface area contributed by atoms with Gasteiger partial charge in [-0.05, 0) is 43.9 Å². The molecular formula is C12H22N2OS. The second-order valence-corrected chi connectivity index (χ2v) is 4.71. The molecule has 0 amide bonds. The van der Waals surface area contributed by atoms with Gasteiger partial charge in [-0.15, -0.1) is 11.3 Å². The molecule has 92 valence electrons. The molecule has 0 saturated heterocycles. The summed E-state index contributed by atoms with van der Waals surface area (Å²) in [6.07, 6.45) is 2.32. The lowest BCUT2D eigenvalue weighted by molar-refractivity contribution is 0.199. The molecule has 0 aliphatic heterocycles. The topological polar surface area (TPSA) is 33.3 Å². The van der Waals surface area contributed by atoms with Crippen LogP contribution in [0.15, 0.2) is 17.5 Å². The molecular weight excluding hydrogens is 220 g/mol. The molecule has 0 spiro atoms. The van der Waals surface area contributed by atoms with E-state index in [1.54, 1.807) is 7.11 Å². The molecule has 0 atom stereocenters. The van der Waals surface area contributed by atoms with Gasteiger partial charge >= 0.3 is 0 Å². The van der Waals surface area contributed by atoms with Crippen molar-refractivity contribution in [2.24, 2.45) is 0 Å². The molecule has 1 rings (SSSR count). The maximum atomic E-state index is 4.95. The van der Waals surface area contributed by atoms with E-state index in [9.17, 15) is 0 Å². The van der Waals surface area contributed by atoms with Gasteiger partial charge in [-0.25, -0.2) is 0 Å². The lowest BCUT2D eigenvalue weighted by Crippen LogP contribution is -2.25. The highest BCUT2D eigenvalue weighted by atomic mass is 32.1. The zero-order valence-corrected chi connectivity index (χ0v) is 10.8. The minimum absolute atomic E-state index is 0.797. The fourth-order valence-corrected chi connectivity index (χ4v) is 2.14. The Kier molecular flexibility index (Phi) is 8.34. The van der Waals surface area contributed by atoms with Crippen LogP contribution < -0.4 is 10.6 Å². The lowest BCUT2D eigenvalue weighted by atomic mass is 10.3. The minimum atomic E-state index is 0.797. The fourth-order valence-electron chi connectivity index (χ4n) is 1.43. The highest BCUT2D eigenvalue weighted by Crippen LogP contribution is 2.07. The monoisotopic (exact) mass is 242 g/mol. The third-order valence-corrected chi connectivity index (χ3v) is 3.25. The van der Waals surface area contributed by atoms with E-state index >= 15 is 0 Å². The highest BCUT2D eigenvalue weighted by Gasteiger charge is 1.93. The van der Waals surface area contributed by atoms with Crippen molar-refractivity contribution in [3.63, 3.8) is 0 Å². The van der Waals surface area contributed by atoms with Gasteiger partial charge < -0.3 is 15.4 Å². The third kappa shape index (κ3) is 6.95. The fraction of sp³-hybridized carbons (Fsp3) is 0.667. The van der Waals surface area contributed by atoms with Crippen molar-refractivity contribution >= 4 is 11.3 Å². The summed E-state index contributed by atoms with van der Waals surface area (Å²) >= 11 is 1.83. The Bertz CT molecular complexity index is 239. The average molecular weight is 242 g/mol. The predicted octanol–water partition coefficient (Wildman–Crippen LogP) is 1.51. The van der Waals surface area contributed by atoms with E-state index in [0.29, 0.717) is 0 Å². The van der Waals surface area contributed by atoms with Crippen molar-refractivity contribution in [3.05, 3.63) is 22.4 Å². The molecule has 0 unspecified atom stereocenters. The summed E-state index contributed by atoms with van der Waals surface area (Å²) in [5.74, 6) is 0. The lowest BCUT2D eigenvalue weighted by Gasteiger charge is -2.05. The van der Waals surface area contributed by atoms with Crippen LogP contribution in [0.4, 0.5) is 0 Å². The molecule has 0 aliphatic carbocycles. The van der Waals surface area contributed by atoms with Gasteiger partial charge in [-0.1, -0.05) is 6.07 Å². The number of ether oxygens (including phenoxy) is 1. The predicted molar refractivity (Wildman–Crippen MR) is 70.3 cm³/mol. The Balaban J connectivity index is 1.78. The first-order valence-electron chi connectivity index (χ1n) is 5.86. The zero-order valence-electron chi connectivity index (χ0n) is 10.00. The smallest absolute Gasteiger partial charge is 0.0587 e. The van der Waals surface area contributed by atoms with Crippen LogP contribution >= 0.6 is 11.3 Å². The van der Waals surface area contributed by atoms with Gasteiger partial charge in [-0.3, -0.25) is 0 Å². The number of hydrogen-bond acceptors (Lipinski definition) is 4. The van der Waals surface area contributed by atoms with Crippen molar-refractivity contribution in [2.75, 3.05) is 39.9 Å². The number of hydrogen-bond donors (Lipinski definition) is 2. The Labute approximate surface area is 102 Å². The molecule has 0 aromatic carbocycles. The van der Waals surface area contributed by atoms with Gasteiger partial charge in [0.15, 0.2) is 0 Å². The molecule has 1 aromatic heterocycles. The summed E-state index contributed by atoms with van der Waals surface area (Å²) in [7, 11) is 1.73. The Morgan fingerprint density at radius 2 is 2.00 bits per heavy atom. The number of methoxy groups -OCH3 is 1. The highest BCUT2D eigenvalue weighted by molar-refractivity contribution is 7.09. The molecule has 0 saturated carbocycles. The van der Waals surface area contributed by atoms with Crippen molar-refractivity contribution in [1.29, 1.82) is 0 Å². The van der Waals surface area contributed by atoms with Gasteiger partial charge in [0.25, 0.3) is 0 Å². The van der Waals surface area contributed by atoms with Crippen LogP contribution in [-0.4, -0.2) is 39.9 Å². The van der Waals surface area contributed by atoms with Crippen LogP contribution in [0.5, 0.6) is 0 Å². The first-order valence-corrected chi connectivity index (χ1v) is 6.74. The summed E-state index contributed by atoms with van der Waals surface area (Å²) in [6.45, 7) is 4.98. The maximum Gasteiger partial charge on any atom is 0.0587 e. The second-order valence-electron chi connectivity index (χ2n) is 3.68. The summed E-state index contributed by atoms with van der Waals surface area (Å²) < 4.78 is 4.95. The van der Waals surface area contributed by atoms with Crippen LogP contribution in [0.3, 0.4) is 0 Å². The van der Waals surface area contributed by atoms with Crippen molar-refractivity contribution in [2.45, 2.75) is 12.8 Å². The standard InChI is InChI=1S/C12H22N2OS/c1-15-10-9-14-7-3-6-13-8-5-12-4-2-11-16-12/h2,4,11,13-14H,3,5-10H2,1H3. The molecule has 4 heteroatoms. The summed E-state index contributed by atoms with van der Waals surface area (Å²) in [5.41, 5.74) is 0. The number of nitrogens with one attached hydrogen (secondary N) is 2. The second kappa shape index (κ2) is 9.78. The number of thiophene rings is 1.